The first-order valence-electron chi connectivity index (χ1n) is 7.70. The summed E-state index contributed by atoms with van der Waals surface area (Å²) in [6, 6.07) is 6.62. The standard InChI is InChI=1S/C16H19N3O4S/c1-11-8-14(19-7-3-4-16(19)20)5-6-15(11)24(21,22)17-10-13-9-12(2)23-18-13/h5-6,8-9,17H,3-4,7,10H2,1-2H3. The van der Waals surface area contributed by atoms with E-state index in [2.05, 4.69) is 9.88 Å². The Kier molecular flexibility index (Phi) is 4.42. The van der Waals surface area contributed by atoms with Crippen LogP contribution in [0.2, 0.25) is 0 Å². The van der Waals surface area contributed by atoms with E-state index in [4.69, 9.17) is 4.52 Å². The highest BCUT2D eigenvalue weighted by Crippen LogP contribution is 2.26. The van der Waals surface area contributed by atoms with Gasteiger partial charge in [0.2, 0.25) is 15.9 Å². The quantitative estimate of drug-likeness (QED) is 0.890. The molecule has 1 saturated heterocycles. The third kappa shape index (κ3) is 3.34. The van der Waals surface area contributed by atoms with Crippen molar-refractivity contribution in [2.75, 3.05) is 11.4 Å². The van der Waals surface area contributed by atoms with Crippen molar-refractivity contribution in [2.24, 2.45) is 0 Å². The zero-order valence-corrected chi connectivity index (χ0v) is 14.4. The summed E-state index contributed by atoms with van der Waals surface area (Å²) >= 11 is 0. The molecule has 1 aliphatic rings. The summed E-state index contributed by atoms with van der Waals surface area (Å²) in [6.45, 7) is 4.20. The van der Waals surface area contributed by atoms with Crippen LogP contribution in [0.3, 0.4) is 0 Å². The topological polar surface area (TPSA) is 92.5 Å². The Morgan fingerprint density at radius 1 is 1.29 bits per heavy atom. The Morgan fingerprint density at radius 3 is 2.67 bits per heavy atom. The fraction of sp³-hybridized carbons (Fsp3) is 0.375. The van der Waals surface area contributed by atoms with Crippen molar-refractivity contribution in [3.63, 3.8) is 0 Å². The van der Waals surface area contributed by atoms with Gasteiger partial charge in [0.25, 0.3) is 0 Å². The molecular weight excluding hydrogens is 330 g/mol. The number of aryl methyl sites for hydroxylation is 2. The Labute approximate surface area is 140 Å². The number of carbonyl (C=O) groups excluding carboxylic acids is 1. The van der Waals surface area contributed by atoms with Gasteiger partial charge >= 0.3 is 0 Å². The minimum Gasteiger partial charge on any atom is -0.361 e. The molecule has 0 bridgehead atoms. The second-order valence-electron chi connectivity index (χ2n) is 5.85. The smallest absolute Gasteiger partial charge is 0.241 e. The van der Waals surface area contributed by atoms with E-state index in [0.717, 1.165) is 12.1 Å². The molecule has 0 aliphatic carbocycles. The molecule has 0 saturated carbocycles. The summed E-state index contributed by atoms with van der Waals surface area (Å²) in [6.07, 6.45) is 1.37. The van der Waals surface area contributed by atoms with E-state index in [-0.39, 0.29) is 17.3 Å². The van der Waals surface area contributed by atoms with Crippen molar-refractivity contribution in [1.29, 1.82) is 0 Å². The Morgan fingerprint density at radius 2 is 2.08 bits per heavy atom. The Bertz CT molecular complexity index is 873. The van der Waals surface area contributed by atoms with Crippen LogP contribution in [0.15, 0.2) is 33.7 Å². The maximum Gasteiger partial charge on any atom is 0.241 e. The maximum absolute atomic E-state index is 12.5. The molecule has 128 valence electrons. The molecule has 2 aromatic rings. The van der Waals surface area contributed by atoms with Crippen LogP contribution in [0.1, 0.15) is 29.9 Å². The molecule has 0 radical (unpaired) electrons. The molecule has 1 aromatic heterocycles. The number of hydrogen-bond donors (Lipinski definition) is 1. The van der Waals surface area contributed by atoms with Gasteiger partial charge in [-0.2, -0.15) is 0 Å². The average Bonchev–Trinajstić information content (AvgIpc) is 3.13. The Balaban J connectivity index is 1.79. The lowest BCUT2D eigenvalue weighted by Gasteiger charge is -2.17. The second-order valence-corrected chi connectivity index (χ2v) is 7.59. The number of sulfonamides is 1. The van der Waals surface area contributed by atoms with E-state index in [1.807, 2.05) is 0 Å². The highest BCUT2D eigenvalue weighted by Gasteiger charge is 2.24. The van der Waals surface area contributed by atoms with Crippen LogP contribution in [-0.2, 0) is 21.4 Å². The molecule has 1 amide bonds. The van der Waals surface area contributed by atoms with E-state index in [1.54, 1.807) is 36.9 Å². The lowest BCUT2D eigenvalue weighted by molar-refractivity contribution is -0.117. The molecule has 24 heavy (non-hydrogen) atoms. The third-order valence-corrected chi connectivity index (χ3v) is 5.51. The fourth-order valence-electron chi connectivity index (χ4n) is 2.77. The van der Waals surface area contributed by atoms with Crippen LogP contribution in [0.4, 0.5) is 5.69 Å². The minimum absolute atomic E-state index is 0.0610. The van der Waals surface area contributed by atoms with Crippen LogP contribution >= 0.6 is 0 Å². The van der Waals surface area contributed by atoms with E-state index < -0.39 is 10.0 Å². The van der Waals surface area contributed by atoms with Gasteiger partial charge in [-0.05, 0) is 44.0 Å². The molecule has 0 atom stereocenters. The summed E-state index contributed by atoms with van der Waals surface area (Å²) in [5.74, 6) is 0.699. The van der Waals surface area contributed by atoms with Gasteiger partial charge in [-0.3, -0.25) is 4.79 Å². The van der Waals surface area contributed by atoms with Gasteiger partial charge in [-0.15, -0.1) is 0 Å². The number of nitrogens with zero attached hydrogens (tertiary/aromatic N) is 2. The van der Waals surface area contributed by atoms with E-state index >= 15 is 0 Å². The van der Waals surface area contributed by atoms with Gasteiger partial charge < -0.3 is 9.42 Å². The SMILES string of the molecule is Cc1cc(CNS(=O)(=O)c2ccc(N3CCCC3=O)cc2C)no1. The molecule has 7 nitrogen and oxygen atoms in total. The van der Waals surface area contributed by atoms with Crippen molar-refractivity contribution < 1.29 is 17.7 Å². The van der Waals surface area contributed by atoms with Crippen molar-refractivity contribution in [3.8, 4) is 0 Å². The van der Waals surface area contributed by atoms with Crippen LogP contribution in [0.5, 0.6) is 0 Å². The van der Waals surface area contributed by atoms with Crippen molar-refractivity contribution in [3.05, 3.63) is 41.3 Å². The lowest BCUT2D eigenvalue weighted by atomic mass is 10.2. The van der Waals surface area contributed by atoms with Crippen molar-refractivity contribution in [2.45, 2.75) is 38.1 Å². The largest absolute Gasteiger partial charge is 0.361 e. The first-order valence-corrected chi connectivity index (χ1v) is 9.18. The summed E-state index contributed by atoms with van der Waals surface area (Å²) in [7, 11) is -3.67. The third-order valence-electron chi connectivity index (χ3n) is 3.95. The molecule has 8 heteroatoms. The number of rotatable bonds is 5. The number of nitrogens with one attached hydrogen (secondary N) is 1. The predicted octanol–water partition coefficient (Wildman–Crippen LogP) is 1.90. The predicted molar refractivity (Wildman–Crippen MR) is 88.0 cm³/mol. The summed E-state index contributed by atoms with van der Waals surface area (Å²) in [5.41, 5.74) is 1.85. The first kappa shape index (κ1) is 16.7. The average molecular weight is 349 g/mol. The first-order chi connectivity index (χ1) is 11.4. The fourth-order valence-corrected chi connectivity index (χ4v) is 4.00. The molecule has 0 unspecified atom stereocenters. The second kappa shape index (κ2) is 6.37. The van der Waals surface area contributed by atoms with Crippen LogP contribution < -0.4 is 9.62 Å². The summed E-state index contributed by atoms with van der Waals surface area (Å²) in [4.78, 5) is 13.7. The zero-order valence-electron chi connectivity index (χ0n) is 13.6. The lowest BCUT2D eigenvalue weighted by Crippen LogP contribution is -2.26. The van der Waals surface area contributed by atoms with E-state index in [9.17, 15) is 13.2 Å². The molecule has 1 aromatic carbocycles. The van der Waals surface area contributed by atoms with Crippen LogP contribution in [0, 0.1) is 13.8 Å². The number of benzene rings is 1. The van der Waals surface area contributed by atoms with Gasteiger partial charge in [-0.1, -0.05) is 5.16 Å². The van der Waals surface area contributed by atoms with E-state index in [1.165, 1.54) is 6.07 Å². The molecule has 3 rings (SSSR count). The maximum atomic E-state index is 12.5. The monoisotopic (exact) mass is 349 g/mol. The number of anilines is 1. The number of amides is 1. The number of hydrogen-bond acceptors (Lipinski definition) is 5. The summed E-state index contributed by atoms with van der Waals surface area (Å²) in [5, 5.41) is 3.76. The van der Waals surface area contributed by atoms with Crippen molar-refractivity contribution >= 4 is 21.6 Å². The molecular formula is C16H19N3O4S. The minimum atomic E-state index is -3.67. The van der Waals surface area contributed by atoms with Crippen molar-refractivity contribution in [1.82, 2.24) is 9.88 Å². The molecule has 1 fully saturated rings. The molecule has 2 heterocycles. The van der Waals surface area contributed by atoms with Gasteiger partial charge in [0.15, 0.2) is 0 Å². The van der Waals surface area contributed by atoms with E-state index in [0.29, 0.717) is 30.0 Å². The zero-order chi connectivity index (χ0) is 17.3. The number of aromatic nitrogens is 1. The van der Waals surface area contributed by atoms with Gasteiger partial charge in [0.1, 0.15) is 5.76 Å². The van der Waals surface area contributed by atoms with Gasteiger partial charge in [0, 0.05) is 24.7 Å². The molecule has 1 N–H and O–H groups in total. The van der Waals surface area contributed by atoms with Crippen LogP contribution in [0.25, 0.3) is 0 Å². The van der Waals surface area contributed by atoms with Crippen LogP contribution in [-0.4, -0.2) is 26.0 Å². The Hall–Kier alpha value is -2.19. The van der Waals surface area contributed by atoms with Gasteiger partial charge in [-0.25, -0.2) is 13.1 Å². The summed E-state index contributed by atoms with van der Waals surface area (Å²) < 4.78 is 32.4. The molecule has 1 aliphatic heterocycles. The molecule has 0 spiro atoms. The number of carbonyl (C=O) groups is 1. The normalized spacial score (nSPS) is 15.2. The highest BCUT2D eigenvalue weighted by atomic mass is 32.2. The van der Waals surface area contributed by atoms with Gasteiger partial charge in [0.05, 0.1) is 17.1 Å². The highest BCUT2D eigenvalue weighted by molar-refractivity contribution is 7.89.